The number of hydrogen-bond acceptors (Lipinski definition) is 8. The van der Waals surface area contributed by atoms with Crippen molar-refractivity contribution in [2.75, 3.05) is 31.6 Å². The Morgan fingerprint density at radius 3 is 2.55 bits per heavy atom. The fourth-order valence-electron chi connectivity index (χ4n) is 7.89. The van der Waals surface area contributed by atoms with Gasteiger partial charge in [0, 0.05) is 47.9 Å². The molecule has 5 aromatic rings. The molecule has 2 atom stereocenters. The van der Waals surface area contributed by atoms with Gasteiger partial charge in [0.05, 0.1) is 24.6 Å². The van der Waals surface area contributed by atoms with Crippen LogP contribution < -0.4 is 20.4 Å². The molecule has 2 fully saturated rings. The molecule has 0 radical (unpaired) electrons. The van der Waals surface area contributed by atoms with Gasteiger partial charge in [-0.1, -0.05) is 55.9 Å². The van der Waals surface area contributed by atoms with Crippen LogP contribution in [0.4, 0.5) is 5.82 Å². The molecule has 0 amide bonds. The highest BCUT2D eigenvalue weighted by Crippen LogP contribution is 2.49. The van der Waals surface area contributed by atoms with Gasteiger partial charge in [0.15, 0.2) is 22.5 Å². The summed E-state index contributed by atoms with van der Waals surface area (Å²) < 4.78 is 11.8. The Kier molecular flexibility index (Phi) is 7.57. The summed E-state index contributed by atoms with van der Waals surface area (Å²) in [6.45, 7) is 4.61. The SMILES string of the molecule is COc1c(O)c([C@@H]2C#C[C@H]3CN(CCN3)c3[nH]c(C4(C)CCCC4)cc3-c3cccc(c3)C2)c2oc(-c3ccc(O)cc3)cc(=O)c2c1O. The first-order chi connectivity index (χ1) is 23.7. The van der Waals surface area contributed by atoms with E-state index in [9.17, 15) is 20.1 Å². The second-order valence-corrected chi connectivity index (χ2v) is 13.8. The number of nitrogens with one attached hydrogen (secondary N) is 2. The van der Waals surface area contributed by atoms with Crippen molar-refractivity contribution in [3.8, 4) is 57.3 Å². The number of benzene rings is 3. The van der Waals surface area contributed by atoms with E-state index in [1.54, 1.807) is 12.1 Å². The van der Waals surface area contributed by atoms with E-state index < -0.39 is 17.1 Å². The van der Waals surface area contributed by atoms with Crippen LogP contribution in [0.5, 0.6) is 23.0 Å². The molecule has 1 saturated carbocycles. The van der Waals surface area contributed by atoms with Crippen molar-refractivity contribution in [1.29, 1.82) is 0 Å². The number of ether oxygens (including phenoxy) is 1. The Morgan fingerprint density at radius 1 is 0.980 bits per heavy atom. The standard InChI is InChI=1S/C40H39N3O6/c1-40(14-3-4-15-40)32-20-29-25-7-5-6-23(18-25)19-26(8-11-27-22-43(17-16-41-27)39(29)42-32)33-35(46)38(48-2)36(47)34-30(45)21-31(49-37(33)34)24-9-12-28(44)13-10-24/h5-7,9-10,12-13,18,20-21,26-27,41-42,44,46-47H,3-4,14-17,19,22H2,1-2H3/t26-,27+/m1/s1. The minimum absolute atomic E-state index is 0.0366. The van der Waals surface area contributed by atoms with Gasteiger partial charge in [-0.15, -0.1) is 0 Å². The van der Waals surface area contributed by atoms with Crippen LogP contribution in [0, 0.1) is 11.8 Å². The summed E-state index contributed by atoms with van der Waals surface area (Å²) in [6.07, 6.45) is 5.21. The van der Waals surface area contributed by atoms with Crippen molar-refractivity contribution < 1.29 is 24.5 Å². The fourth-order valence-corrected chi connectivity index (χ4v) is 7.89. The molecule has 9 heteroatoms. The molecular formula is C40H39N3O6. The number of fused-ring (bicyclic) bond motifs is 8. The lowest BCUT2D eigenvalue weighted by molar-refractivity contribution is 0.343. The van der Waals surface area contributed by atoms with Crippen LogP contribution in [-0.4, -0.2) is 53.1 Å². The predicted molar refractivity (Wildman–Crippen MR) is 190 cm³/mol. The van der Waals surface area contributed by atoms with Crippen molar-refractivity contribution in [3.63, 3.8) is 0 Å². The number of aromatic amines is 1. The number of nitrogens with zero attached hydrogens (tertiary/aromatic N) is 1. The maximum Gasteiger partial charge on any atom is 0.204 e. The average molecular weight is 658 g/mol. The number of piperazine rings is 1. The Labute approximate surface area is 284 Å². The van der Waals surface area contributed by atoms with Gasteiger partial charge in [-0.2, -0.15) is 0 Å². The molecule has 250 valence electrons. The summed E-state index contributed by atoms with van der Waals surface area (Å²) in [5, 5.41) is 36.2. The Morgan fingerprint density at radius 2 is 1.78 bits per heavy atom. The van der Waals surface area contributed by atoms with E-state index >= 15 is 0 Å². The number of phenols is 3. The van der Waals surface area contributed by atoms with E-state index in [2.05, 4.69) is 52.2 Å². The third-order valence-electron chi connectivity index (χ3n) is 10.6. The van der Waals surface area contributed by atoms with Crippen molar-refractivity contribution in [2.24, 2.45) is 0 Å². The van der Waals surface area contributed by atoms with Crippen LogP contribution in [0.3, 0.4) is 0 Å². The summed E-state index contributed by atoms with van der Waals surface area (Å²) in [4.78, 5) is 19.9. The van der Waals surface area contributed by atoms with Gasteiger partial charge >= 0.3 is 0 Å². The van der Waals surface area contributed by atoms with Gasteiger partial charge in [-0.3, -0.25) is 4.79 Å². The van der Waals surface area contributed by atoms with Gasteiger partial charge in [0.2, 0.25) is 5.75 Å². The zero-order valence-electron chi connectivity index (χ0n) is 27.6. The normalized spacial score (nSPS) is 19.8. The van der Waals surface area contributed by atoms with Gasteiger partial charge in [-0.25, -0.2) is 0 Å². The van der Waals surface area contributed by atoms with Crippen LogP contribution >= 0.6 is 0 Å². The number of phenolic OH excluding ortho intramolecular Hbond substituents is 3. The number of H-pyrrole nitrogens is 1. The topological polar surface area (TPSA) is 131 Å². The van der Waals surface area contributed by atoms with Gasteiger partial charge in [0.25, 0.3) is 0 Å². The summed E-state index contributed by atoms with van der Waals surface area (Å²) in [5.74, 6) is 6.65. The lowest BCUT2D eigenvalue weighted by atomic mass is 9.85. The van der Waals surface area contributed by atoms with Gasteiger partial charge < -0.3 is 39.7 Å². The average Bonchev–Trinajstić information content (AvgIpc) is 3.75. The summed E-state index contributed by atoms with van der Waals surface area (Å²) in [6, 6.07) is 18.2. The molecule has 9 nitrogen and oxygen atoms in total. The predicted octanol–water partition coefficient (Wildman–Crippen LogP) is 6.53. The molecule has 1 aliphatic carbocycles. The lowest BCUT2D eigenvalue weighted by Crippen LogP contribution is -2.50. The van der Waals surface area contributed by atoms with E-state index in [4.69, 9.17) is 9.15 Å². The zero-order valence-corrected chi connectivity index (χ0v) is 27.6. The first-order valence-electron chi connectivity index (χ1n) is 16.9. The van der Waals surface area contributed by atoms with Gasteiger partial charge in [0.1, 0.15) is 22.7 Å². The largest absolute Gasteiger partial charge is 0.508 e. The summed E-state index contributed by atoms with van der Waals surface area (Å²) >= 11 is 0. The molecule has 5 N–H and O–H groups in total. The summed E-state index contributed by atoms with van der Waals surface area (Å²) in [7, 11) is 1.34. The van der Waals surface area contributed by atoms with Crippen LogP contribution in [0.25, 0.3) is 33.4 Å². The molecule has 0 spiro atoms. The highest BCUT2D eigenvalue weighted by Gasteiger charge is 2.35. The number of aromatic nitrogens is 1. The second kappa shape index (κ2) is 12.0. The lowest BCUT2D eigenvalue weighted by Gasteiger charge is -2.33. The van der Waals surface area contributed by atoms with Crippen LogP contribution in [0.1, 0.15) is 55.3 Å². The quantitative estimate of drug-likeness (QED) is 0.138. The molecule has 3 aromatic carbocycles. The molecule has 3 aliphatic rings. The van der Waals surface area contributed by atoms with Gasteiger partial charge in [-0.05, 0) is 60.7 Å². The first-order valence-corrected chi connectivity index (χ1v) is 16.9. The molecule has 2 aliphatic heterocycles. The fraction of sp³-hybridized carbons (Fsp3) is 0.325. The first kappa shape index (κ1) is 31.0. The van der Waals surface area contributed by atoms with E-state index in [0.29, 0.717) is 18.5 Å². The van der Waals surface area contributed by atoms with E-state index in [-0.39, 0.29) is 51.0 Å². The van der Waals surface area contributed by atoms with Crippen molar-refractivity contribution in [2.45, 2.75) is 56.4 Å². The number of anilines is 1. The highest BCUT2D eigenvalue weighted by molar-refractivity contribution is 5.93. The molecule has 1 saturated heterocycles. The van der Waals surface area contributed by atoms with Crippen LogP contribution in [0.2, 0.25) is 0 Å². The Balaban J connectivity index is 1.32. The Hall–Kier alpha value is -5.33. The summed E-state index contributed by atoms with van der Waals surface area (Å²) in [5.41, 5.74) is 5.01. The molecule has 49 heavy (non-hydrogen) atoms. The molecule has 8 rings (SSSR count). The molecule has 2 aromatic heterocycles. The molecule has 4 bridgehead atoms. The van der Waals surface area contributed by atoms with Crippen molar-refractivity contribution >= 4 is 16.8 Å². The van der Waals surface area contributed by atoms with E-state index in [0.717, 1.165) is 30.0 Å². The van der Waals surface area contributed by atoms with Crippen LogP contribution in [0.15, 0.2) is 69.9 Å². The van der Waals surface area contributed by atoms with E-state index in [1.165, 1.54) is 62.2 Å². The smallest absolute Gasteiger partial charge is 0.204 e. The van der Waals surface area contributed by atoms with E-state index in [1.807, 2.05) is 12.1 Å². The zero-order chi connectivity index (χ0) is 33.9. The third-order valence-corrected chi connectivity index (χ3v) is 10.6. The van der Waals surface area contributed by atoms with Crippen LogP contribution in [-0.2, 0) is 11.8 Å². The molecule has 4 heterocycles. The maximum absolute atomic E-state index is 13.6. The molecule has 0 unspecified atom stereocenters. The number of methoxy groups -OCH3 is 1. The molecular weight excluding hydrogens is 618 g/mol. The van der Waals surface area contributed by atoms with Crippen molar-refractivity contribution in [3.05, 3.63) is 87.7 Å². The van der Waals surface area contributed by atoms with Crippen molar-refractivity contribution in [1.82, 2.24) is 10.3 Å². The highest BCUT2D eigenvalue weighted by atomic mass is 16.5. The minimum Gasteiger partial charge on any atom is -0.508 e. The Bertz CT molecular complexity index is 2200. The third kappa shape index (κ3) is 5.37. The maximum atomic E-state index is 13.6. The second-order valence-electron chi connectivity index (χ2n) is 13.8. The monoisotopic (exact) mass is 657 g/mol. The number of hydrogen-bond donors (Lipinski definition) is 5. The number of rotatable bonds is 4. The minimum atomic E-state index is -0.638. The number of aromatic hydroxyl groups is 3.